The van der Waals surface area contributed by atoms with E-state index in [0.29, 0.717) is 22.6 Å². The maximum Gasteiger partial charge on any atom is 0.417 e. The van der Waals surface area contributed by atoms with Crippen LogP contribution in [0.25, 0.3) is 17.1 Å². The van der Waals surface area contributed by atoms with Gasteiger partial charge in [-0.15, -0.1) is 0 Å². The Kier molecular flexibility index (Phi) is 6.27. The van der Waals surface area contributed by atoms with Crippen LogP contribution in [0.15, 0.2) is 55.1 Å². The number of halogens is 4. The summed E-state index contributed by atoms with van der Waals surface area (Å²) in [4.78, 5) is 8.64. The summed E-state index contributed by atoms with van der Waals surface area (Å²) in [5.41, 5.74) is 8.36. The molecule has 0 aliphatic heterocycles. The van der Waals surface area contributed by atoms with E-state index in [4.69, 9.17) is 17.3 Å². The Bertz CT molecular complexity index is 1020. The van der Waals surface area contributed by atoms with Gasteiger partial charge in [0.2, 0.25) is 0 Å². The molecular formula is C21H20ClF3N4. The van der Waals surface area contributed by atoms with Gasteiger partial charge in [0, 0.05) is 30.2 Å². The number of hydrogen-bond donors (Lipinski definition) is 1. The number of rotatable bonds is 6. The molecule has 0 radical (unpaired) electrons. The average Bonchev–Trinajstić information content (AvgIpc) is 3.15. The van der Waals surface area contributed by atoms with Crippen LogP contribution < -0.4 is 5.73 Å². The molecule has 0 spiro atoms. The van der Waals surface area contributed by atoms with Crippen LogP contribution in [0.5, 0.6) is 0 Å². The number of nitrogens with zero attached hydrogens (tertiary/aromatic N) is 3. The zero-order valence-electron chi connectivity index (χ0n) is 15.7. The van der Waals surface area contributed by atoms with E-state index < -0.39 is 11.7 Å². The highest BCUT2D eigenvalue weighted by Crippen LogP contribution is 2.36. The first-order valence-electron chi connectivity index (χ1n) is 9.08. The Morgan fingerprint density at radius 3 is 2.72 bits per heavy atom. The largest absolute Gasteiger partial charge is 0.417 e. The Hall–Kier alpha value is -2.80. The minimum atomic E-state index is -4.50. The van der Waals surface area contributed by atoms with Crippen LogP contribution in [0, 0.1) is 0 Å². The molecule has 8 heteroatoms. The third-order valence-electron chi connectivity index (χ3n) is 4.38. The highest BCUT2D eigenvalue weighted by molar-refractivity contribution is 6.32. The molecule has 3 rings (SSSR count). The van der Waals surface area contributed by atoms with Crippen molar-refractivity contribution in [1.29, 1.82) is 0 Å². The van der Waals surface area contributed by atoms with Crippen molar-refractivity contribution in [3.8, 4) is 11.4 Å². The van der Waals surface area contributed by atoms with Gasteiger partial charge < -0.3 is 10.3 Å². The molecule has 0 unspecified atom stereocenters. The van der Waals surface area contributed by atoms with Gasteiger partial charge in [0.1, 0.15) is 5.69 Å². The van der Waals surface area contributed by atoms with E-state index in [1.54, 1.807) is 23.0 Å². The molecule has 0 aliphatic rings. The molecule has 4 nitrogen and oxygen atoms in total. The first-order chi connectivity index (χ1) is 13.8. The zero-order chi connectivity index (χ0) is 21.0. The van der Waals surface area contributed by atoms with Crippen molar-refractivity contribution >= 4 is 17.3 Å². The number of pyridine rings is 1. The van der Waals surface area contributed by atoms with Gasteiger partial charge >= 0.3 is 6.18 Å². The Morgan fingerprint density at radius 2 is 2.00 bits per heavy atom. The fourth-order valence-electron chi connectivity index (χ4n) is 2.86. The molecule has 0 bridgehead atoms. The molecule has 0 fully saturated rings. The van der Waals surface area contributed by atoms with Gasteiger partial charge in [-0.2, -0.15) is 13.2 Å². The van der Waals surface area contributed by atoms with Crippen molar-refractivity contribution in [2.45, 2.75) is 32.5 Å². The molecule has 29 heavy (non-hydrogen) atoms. The molecule has 0 atom stereocenters. The van der Waals surface area contributed by atoms with E-state index in [9.17, 15) is 13.2 Å². The lowest BCUT2D eigenvalue weighted by Crippen LogP contribution is -2.08. The highest BCUT2D eigenvalue weighted by atomic mass is 35.5. The second-order valence-corrected chi connectivity index (χ2v) is 6.96. The standard InChI is InChI=1S/C21H20ClF3N4/c1-2-3-7-17(26)14-8-9-27-18(10-14)19-12-29(13-28-19)11-15-5-4-6-16(20(15)22)21(23,24)25/h4-10,12-13H,2-3,11,26H2,1H3/b17-7-. The maximum absolute atomic E-state index is 13.0. The van der Waals surface area contributed by atoms with Gasteiger partial charge in [-0.1, -0.05) is 43.2 Å². The van der Waals surface area contributed by atoms with Crippen molar-refractivity contribution in [2.75, 3.05) is 0 Å². The van der Waals surface area contributed by atoms with Gasteiger partial charge in [-0.05, 0) is 30.2 Å². The summed E-state index contributed by atoms with van der Waals surface area (Å²) in [6.45, 7) is 2.24. The lowest BCUT2D eigenvalue weighted by molar-refractivity contribution is -0.137. The molecule has 0 amide bonds. The van der Waals surface area contributed by atoms with Crippen molar-refractivity contribution in [2.24, 2.45) is 5.73 Å². The van der Waals surface area contributed by atoms with Crippen LogP contribution in [0.2, 0.25) is 5.02 Å². The molecule has 2 heterocycles. The summed E-state index contributed by atoms with van der Waals surface area (Å²) < 4.78 is 40.8. The highest BCUT2D eigenvalue weighted by Gasteiger charge is 2.33. The molecule has 0 saturated heterocycles. The van der Waals surface area contributed by atoms with Crippen molar-refractivity contribution in [1.82, 2.24) is 14.5 Å². The zero-order valence-corrected chi connectivity index (χ0v) is 16.5. The van der Waals surface area contributed by atoms with Gasteiger partial charge in [0.15, 0.2) is 0 Å². The summed E-state index contributed by atoms with van der Waals surface area (Å²) in [5.74, 6) is 0. The van der Waals surface area contributed by atoms with Crippen LogP contribution in [-0.2, 0) is 12.7 Å². The first kappa shape index (κ1) is 20.9. The quantitative estimate of drug-likeness (QED) is 0.551. The van der Waals surface area contributed by atoms with Gasteiger partial charge in [-0.25, -0.2) is 4.98 Å². The van der Waals surface area contributed by atoms with Gasteiger partial charge in [0.25, 0.3) is 0 Å². The normalized spacial score (nSPS) is 12.4. The Labute approximate surface area is 171 Å². The second kappa shape index (κ2) is 8.69. The molecule has 152 valence electrons. The summed E-state index contributed by atoms with van der Waals surface area (Å²) in [7, 11) is 0. The number of unbranched alkanes of at least 4 members (excludes halogenated alkanes) is 1. The number of hydrogen-bond acceptors (Lipinski definition) is 3. The molecule has 2 aromatic heterocycles. The van der Waals surface area contributed by atoms with E-state index in [1.165, 1.54) is 12.4 Å². The summed E-state index contributed by atoms with van der Waals surface area (Å²) >= 11 is 5.98. The van der Waals surface area contributed by atoms with Crippen LogP contribution >= 0.6 is 11.6 Å². The minimum Gasteiger partial charge on any atom is -0.399 e. The Balaban J connectivity index is 1.84. The van der Waals surface area contributed by atoms with Crippen molar-refractivity contribution in [3.63, 3.8) is 0 Å². The summed E-state index contributed by atoms with van der Waals surface area (Å²) in [6, 6.07) is 7.54. The van der Waals surface area contributed by atoms with Crippen LogP contribution in [-0.4, -0.2) is 14.5 Å². The fraction of sp³-hybridized carbons (Fsp3) is 0.238. The van der Waals surface area contributed by atoms with Gasteiger partial charge in [-0.3, -0.25) is 4.98 Å². The minimum absolute atomic E-state index is 0.161. The number of allylic oxidation sites excluding steroid dienone is 1. The van der Waals surface area contributed by atoms with Crippen LogP contribution in [0.1, 0.15) is 36.5 Å². The number of alkyl halides is 3. The molecule has 0 aliphatic carbocycles. The first-order valence-corrected chi connectivity index (χ1v) is 9.46. The third-order valence-corrected chi connectivity index (χ3v) is 4.83. The second-order valence-electron chi connectivity index (χ2n) is 6.59. The summed E-state index contributed by atoms with van der Waals surface area (Å²) in [5, 5.41) is -0.302. The SMILES string of the molecule is CCC/C=C(\N)c1ccnc(-c2cn(Cc3cccc(C(F)(F)F)c3Cl)cn2)c1. The number of nitrogens with two attached hydrogens (primary N) is 1. The van der Waals surface area contributed by atoms with Crippen LogP contribution in [0.3, 0.4) is 0 Å². The number of benzene rings is 1. The van der Waals surface area contributed by atoms with Crippen molar-refractivity contribution < 1.29 is 13.2 Å². The molecule has 1 aromatic carbocycles. The maximum atomic E-state index is 13.0. The molecule has 3 aromatic rings. The predicted molar refractivity (Wildman–Crippen MR) is 108 cm³/mol. The smallest absolute Gasteiger partial charge is 0.399 e. The van der Waals surface area contributed by atoms with Crippen molar-refractivity contribution in [3.05, 3.63) is 76.8 Å². The lowest BCUT2D eigenvalue weighted by atomic mass is 10.1. The number of aromatic nitrogens is 3. The van der Waals surface area contributed by atoms with E-state index in [0.717, 1.165) is 24.5 Å². The molecular weight excluding hydrogens is 401 g/mol. The molecule has 0 saturated carbocycles. The number of imidazole rings is 1. The molecule has 2 N–H and O–H groups in total. The van der Waals surface area contributed by atoms with E-state index in [-0.39, 0.29) is 11.6 Å². The monoisotopic (exact) mass is 420 g/mol. The van der Waals surface area contributed by atoms with E-state index >= 15 is 0 Å². The lowest BCUT2D eigenvalue weighted by Gasteiger charge is -2.12. The van der Waals surface area contributed by atoms with Crippen LogP contribution in [0.4, 0.5) is 13.2 Å². The van der Waals surface area contributed by atoms with E-state index in [2.05, 4.69) is 16.9 Å². The third kappa shape index (κ3) is 4.98. The van der Waals surface area contributed by atoms with E-state index in [1.807, 2.05) is 18.2 Å². The van der Waals surface area contributed by atoms with Gasteiger partial charge in [0.05, 0.1) is 22.6 Å². The fourth-order valence-corrected chi connectivity index (χ4v) is 3.16. The summed E-state index contributed by atoms with van der Waals surface area (Å²) in [6.07, 6.45) is 4.26. The Morgan fingerprint density at radius 1 is 1.21 bits per heavy atom. The average molecular weight is 421 g/mol. The predicted octanol–water partition coefficient (Wildman–Crippen LogP) is 5.77. The topological polar surface area (TPSA) is 56.7 Å².